The number of aromatic hydroxyl groups is 3. The Morgan fingerprint density at radius 1 is 0.962 bits per heavy atom. The average Bonchev–Trinajstić information content (AvgIpc) is 3.52. The summed E-state index contributed by atoms with van der Waals surface area (Å²) in [6.07, 6.45) is 0.478. The second kappa shape index (κ2) is 14.7. The van der Waals surface area contributed by atoms with Crippen LogP contribution in [-0.2, 0) is 11.2 Å². The number of carboxylic acids is 1. The van der Waals surface area contributed by atoms with Gasteiger partial charge in [-0.25, -0.2) is 28.1 Å². The third-order valence-corrected chi connectivity index (χ3v) is 9.76. The van der Waals surface area contributed by atoms with Crippen molar-refractivity contribution in [2.24, 2.45) is 0 Å². The zero-order valence-electron chi connectivity index (χ0n) is 27.5. The van der Waals surface area contributed by atoms with Gasteiger partial charge in [-0.3, -0.25) is 9.59 Å². The third kappa shape index (κ3) is 7.16. The Kier molecular flexibility index (Phi) is 10.2. The Balaban J connectivity index is 1.17. The molecular formula is C33H31BClF2N5O11. The van der Waals surface area contributed by atoms with E-state index in [1.54, 1.807) is 17.0 Å². The first kappa shape index (κ1) is 37.0. The van der Waals surface area contributed by atoms with Gasteiger partial charge < -0.3 is 50.5 Å². The number of halogens is 3. The lowest BCUT2D eigenvalue weighted by Crippen LogP contribution is -2.56. The van der Waals surface area contributed by atoms with E-state index in [2.05, 4.69) is 10.6 Å². The number of carbonyl (C=O) groups excluding carboxylic acids is 4. The maximum Gasteiger partial charge on any atom is 0.547 e. The number of hydrogen-bond acceptors (Lipinski definition) is 10. The first-order chi connectivity index (χ1) is 25.2. The molecule has 20 heteroatoms. The number of carboxylic acid groups (broad SMARTS) is 1. The molecule has 0 unspecified atom stereocenters. The Hall–Kier alpha value is -5.82. The van der Waals surface area contributed by atoms with E-state index < -0.39 is 88.1 Å². The van der Waals surface area contributed by atoms with Crippen molar-refractivity contribution in [3.05, 3.63) is 81.4 Å². The second-order valence-corrected chi connectivity index (χ2v) is 13.0. The number of amides is 6. The number of nitrogens with zero attached hydrogens (tertiary/aromatic N) is 3. The quantitative estimate of drug-likeness (QED) is 0.137. The van der Waals surface area contributed by atoms with Gasteiger partial charge in [0.2, 0.25) is 5.91 Å². The maximum atomic E-state index is 14.7. The molecule has 0 saturated carbocycles. The zero-order valence-corrected chi connectivity index (χ0v) is 28.2. The van der Waals surface area contributed by atoms with Gasteiger partial charge in [0.1, 0.15) is 28.9 Å². The average molecular weight is 758 g/mol. The molecule has 2 fully saturated rings. The molecule has 0 aliphatic carbocycles. The molecule has 3 aliphatic rings. The second-order valence-electron chi connectivity index (χ2n) is 12.6. The number of benzene rings is 3. The fourth-order valence-corrected chi connectivity index (χ4v) is 6.88. The van der Waals surface area contributed by atoms with Crippen molar-refractivity contribution >= 4 is 48.6 Å². The molecule has 3 aromatic carbocycles. The summed E-state index contributed by atoms with van der Waals surface area (Å²) in [5.74, 6) is -9.89. The van der Waals surface area contributed by atoms with Gasteiger partial charge in [0.15, 0.2) is 17.3 Å². The van der Waals surface area contributed by atoms with Crippen molar-refractivity contribution in [1.82, 2.24) is 25.3 Å². The Morgan fingerprint density at radius 2 is 1.68 bits per heavy atom. The number of imide groups is 1. The van der Waals surface area contributed by atoms with E-state index in [-0.39, 0.29) is 42.8 Å². The van der Waals surface area contributed by atoms with Gasteiger partial charge in [0, 0.05) is 43.3 Å². The first-order valence-electron chi connectivity index (χ1n) is 16.2. The third-order valence-electron chi connectivity index (χ3n) is 9.36. The van der Waals surface area contributed by atoms with Gasteiger partial charge in [0.05, 0.1) is 11.0 Å². The van der Waals surface area contributed by atoms with E-state index in [1.807, 2.05) is 0 Å². The van der Waals surface area contributed by atoms with Gasteiger partial charge in [0.25, 0.3) is 5.91 Å². The van der Waals surface area contributed by atoms with Crippen LogP contribution in [0.15, 0.2) is 42.5 Å². The highest BCUT2D eigenvalue weighted by Crippen LogP contribution is 2.41. The summed E-state index contributed by atoms with van der Waals surface area (Å²) in [5, 5.41) is 53.9. The summed E-state index contributed by atoms with van der Waals surface area (Å²) in [5.41, 5.74) is -0.972. The van der Waals surface area contributed by atoms with Gasteiger partial charge in [-0.2, -0.15) is 0 Å². The predicted molar refractivity (Wildman–Crippen MR) is 179 cm³/mol. The van der Waals surface area contributed by atoms with E-state index in [4.69, 9.17) is 16.3 Å². The lowest BCUT2D eigenvalue weighted by molar-refractivity contribution is -0.123. The van der Waals surface area contributed by atoms with Crippen molar-refractivity contribution < 1.29 is 62.9 Å². The number of urea groups is 2. The van der Waals surface area contributed by atoms with Crippen molar-refractivity contribution in [3.8, 4) is 23.0 Å². The summed E-state index contributed by atoms with van der Waals surface area (Å²) in [6.45, 7) is 0.561. The molecule has 7 N–H and O–H groups in total. The minimum atomic E-state index is -1.96. The van der Waals surface area contributed by atoms with E-state index >= 15 is 0 Å². The first-order valence-corrected chi connectivity index (χ1v) is 16.6. The number of carbonyl (C=O) groups is 5. The van der Waals surface area contributed by atoms with E-state index in [0.29, 0.717) is 37.6 Å². The largest absolute Gasteiger partial charge is 0.547 e. The minimum Gasteiger partial charge on any atom is -0.534 e. The van der Waals surface area contributed by atoms with Crippen LogP contribution in [0.1, 0.15) is 50.7 Å². The number of nitrogens with one attached hydrogen (secondary N) is 2. The van der Waals surface area contributed by atoms with Crippen LogP contribution in [0, 0.1) is 11.6 Å². The highest BCUT2D eigenvalue weighted by molar-refractivity contribution is 6.47. The molecule has 0 aromatic heterocycles. The van der Waals surface area contributed by atoms with Crippen LogP contribution in [0.3, 0.4) is 0 Å². The Morgan fingerprint density at radius 3 is 2.36 bits per heavy atom. The molecule has 3 heterocycles. The minimum absolute atomic E-state index is 0.0543. The number of hydrogen-bond donors (Lipinski definition) is 7. The van der Waals surface area contributed by atoms with Gasteiger partial charge >= 0.3 is 25.1 Å². The Labute approximate surface area is 304 Å². The topological polar surface area (TPSA) is 230 Å². The summed E-state index contributed by atoms with van der Waals surface area (Å²) >= 11 is 6.18. The molecule has 0 radical (unpaired) electrons. The number of aromatic carboxylic acids is 1. The van der Waals surface area contributed by atoms with Crippen LogP contribution in [0.25, 0.3) is 0 Å². The van der Waals surface area contributed by atoms with Gasteiger partial charge in [-0.15, -0.1) is 0 Å². The molecule has 0 bridgehead atoms. The van der Waals surface area contributed by atoms with Crippen molar-refractivity contribution in [1.29, 1.82) is 0 Å². The highest BCUT2D eigenvalue weighted by atomic mass is 35.5. The van der Waals surface area contributed by atoms with Crippen molar-refractivity contribution in [3.63, 3.8) is 0 Å². The van der Waals surface area contributed by atoms with Crippen LogP contribution in [0.2, 0.25) is 5.02 Å². The molecule has 0 spiro atoms. The summed E-state index contributed by atoms with van der Waals surface area (Å²) in [6, 6.07) is 4.41. The Bertz CT molecular complexity index is 2020. The normalized spacial score (nSPS) is 18.0. The standard InChI is InChI=1S/C33H31BClF2N5O11/c35-24-19(14-21(37)26(44)27(24)45)25(29(46)38-22-13-15-4-5-20(36)23(31(48)49)28(15)53-34(22)52)39-32(50)42-11-10-41(33(42)51)17-6-8-40(9-7-17)30(47)16-2-1-3-18(43)12-16/h1-5,12,14,17,22,25,43-45,52H,6-11,13H2,(H,38,46)(H,39,50)(H,48,49)/t22-,25+/m0/s1. The van der Waals surface area contributed by atoms with Crippen LogP contribution in [0.4, 0.5) is 18.4 Å². The lowest BCUT2D eigenvalue weighted by Gasteiger charge is -2.36. The molecule has 2 atom stereocenters. The number of fused-ring (bicyclic) bond motifs is 1. The predicted octanol–water partition coefficient (Wildman–Crippen LogP) is 2.37. The molecule has 6 amide bonds. The zero-order chi connectivity index (χ0) is 38.3. The van der Waals surface area contributed by atoms with E-state index in [1.165, 1.54) is 23.1 Å². The smallest absolute Gasteiger partial charge is 0.534 e. The summed E-state index contributed by atoms with van der Waals surface area (Å²) in [7, 11) is -1.93. The summed E-state index contributed by atoms with van der Waals surface area (Å²) < 4.78 is 34.1. The molecule has 53 heavy (non-hydrogen) atoms. The van der Waals surface area contributed by atoms with Crippen LogP contribution in [0.5, 0.6) is 23.0 Å². The molecule has 3 aliphatic heterocycles. The highest BCUT2D eigenvalue weighted by Gasteiger charge is 2.43. The number of likely N-dealkylation sites (tertiary alicyclic amines) is 1. The van der Waals surface area contributed by atoms with Gasteiger partial charge in [-0.05, 0) is 55.2 Å². The fourth-order valence-electron chi connectivity index (χ4n) is 6.63. The summed E-state index contributed by atoms with van der Waals surface area (Å²) in [4.78, 5) is 69.3. The molecule has 278 valence electrons. The monoisotopic (exact) mass is 757 g/mol. The molecule has 6 rings (SSSR count). The molecule has 2 saturated heterocycles. The number of phenolic OH excluding ortho intramolecular Hbond substituents is 3. The van der Waals surface area contributed by atoms with Gasteiger partial charge in [-0.1, -0.05) is 23.7 Å². The van der Waals surface area contributed by atoms with Crippen LogP contribution in [-0.4, -0.2) is 115 Å². The number of piperidine rings is 1. The van der Waals surface area contributed by atoms with Crippen LogP contribution < -0.4 is 15.3 Å². The lowest BCUT2D eigenvalue weighted by atomic mass is 9.72. The van der Waals surface area contributed by atoms with Crippen molar-refractivity contribution in [2.75, 3.05) is 26.2 Å². The number of phenols is 3. The molecule has 3 aromatic rings. The fraction of sp³-hybridized carbons (Fsp3) is 0.303. The molecular weight excluding hydrogens is 727 g/mol. The SMILES string of the molecule is O=C(O)c1c(F)ccc2c1OB(O)[C@@H](NC(=O)[C@H](NC(=O)N1CCN(C3CCN(C(=O)c4cccc(O)c4)CC3)C1=O)c1cc(F)c(O)c(O)c1Cl)C2. The molecule has 16 nitrogen and oxygen atoms in total. The van der Waals surface area contributed by atoms with Crippen LogP contribution >= 0.6 is 11.6 Å². The maximum absolute atomic E-state index is 14.7. The van der Waals surface area contributed by atoms with E-state index in [9.17, 15) is 58.2 Å². The number of rotatable bonds is 7. The van der Waals surface area contributed by atoms with Crippen molar-refractivity contribution in [2.45, 2.75) is 37.3 Å². The van der Waals surface area contributed by atoms with E-state index in [0.717, 1.165) is 11.0 Å².